The largest absolute Gasteiger partial charge is 0.349 e. The van der Waals surface area contributed by atoms with Gasteiger partial charge in [-0.05, 0) is 70.1 Å². The van der Waals surface area contributed by atoms with Crippen LogP contribution < -0.4 is 5.32 Å². The van der Waals surface area contributed by atoms with E-state index < -0.39 is 0 Å². The summed E-state index contributed by atoms with van der Waals surface area (Å²) in [6, 6.07) is 7.19. The van der Waals surface area contributed by atoms with E-state index in [1.54, 1.807) is 0 Å². The fourth-order valence-corrected chi connectivity index (χ4v) is 3.53. The Morgan fingerprint density at radius 2 is 2.09 bits per heavy atom. The lowest BCUT2D eigenvalue weighted by Crippen LogP contribution is -2.48. The number of hydrogen-bond acceptors (Lipinski definition) is 2. The predicted molar refractivity (Wildman–Crippen MR) is 105 cm³/mol. The van der Waals surface area contributed by atoms with Crippen LogP contribution in [0.1, 0.15) is 38.7 Å². The number of halogens is 1. The summed E-state index contributed by atoms with van der Waals surface area (Å²) in [5, 5.41) is 4.93. The minimum Gasteiger partial charge on any atom is -0.349 e. The van der Waals surface area contributed by atoms with Crippen molar-refractivity contribution in [1.82, 2.24) is 9.80 Å². The van der Waals surface area contributed by atoms with Crippen LogP contribution in [0.2, 0.25) is 5.02 Å². The first-order valence-corrected chi connectivity index (χ1v) is 9.25. The molecule has 1 aromatic rings. The van der Waals surface area contributed by atoms with Crippen LogP contribution in [0.3, 0.4) is 0 Å². The molecule has 1 N–H and O–H groups in total. The molecule has 1 atom stereocenters. The SMILES string of the molecule is CC[C@H](C)N(C)C1CCN(C(=S)Nc2cccc(Cl)c2C)CC1. The molecule has 0 saturated carbocycles. The maximum absolute atomic E-state index is 6.18. The van der Waals surface area contributed by atoms with Gasteiger partial charge in [-0.1, -0.05) is 24.6 Å². The average molecular weight is 354 g/mol. The van der Waals surface area contributed by atoms with Crippen LogP contribution >= 0.6 is 23.8 Å². The molecule has 128 valence electrons. The molecule has 1 aliphatic heterocycles. The minimum absolute atomic E-state index is 0.644. The number of nitrogens with zero attached hydrogens (tertiary/aromatic N) is 2. The number of rotatable bonds is 4. The quantitative estimate of drug-likeness (QED) is 0.800. The van der Waals surface area contributed by atoms with Gasteiger partial charge >= 0.3 is 0 Å². The molecule has 1 aromatic carbocycles. The van der Waals surface area contributed by atoms with Crippen molar-refractivity contribution in [2.75, 3.05) is 25.5 Å². The van der Waals surface area contributed by atoms with Crippen molar-refractivity contribution in [2.45, 2.75) is 52.1 Å². The standard InChI is InChI=1S/C18H28ClN3S/c1-5-13(2)21(4)15-9-11-22(12-10-15)18(23)20-17-8-6-7-16(19)14(17)3/h6-8,13,15H,5,9-12H2,1-4H3,(H,20,23)/t13-/m0/s1. The summed E-state index contributed by atoms with van der Waals surface area (Å²) in [6.45, 7) is 8.59. The maximum atomic E-state index is 6.18. The molecule has 0 radical (unpaired) electrons. The summed E-state index contributed by atoms with van der Waals surface area (Å²) < 4.78 is 0. The highest BCUT2D eigenvalue weighted by atomic mass is 35.5. The molecule has 0 aliphatic carbocycles. The minimum atomic E-state index is 0.644. The molecule has 1 heterocycles. The lowest BCUT2D eigenvalue weighted by Gasteiger charge is -2.40. The van der Waals surface area contributed by atoms with E-state index in [0.29, 0.717) is 12.1 Å². The van der Waals surface area contributed by atoms with Gasteiger partial charge in [-0.15, -0.1) is 0 Å². The first-order chi connectivity index (χ1) is 10.9. The zero-order valence-corrected chi connectivity index (χ0v) is 16.2. The first-order valence-electron chi connectivity index (χ1n) is 8.47. The monoisotopic (exact) mass is 353 g/mol. The van der Waals surface area contributed by atoms with Crippen molar-refractivity contribution in [3.05, 3.63) is 28.8 Å². The molecule has 1 aliphatic rings. The van der Waals surface area contributed by atoms with E-state index in [0.717, 1.165) is 47.3 Å². The van der Waals surface area contributed by atoms with Crippen LogP contribution in [0.5, 0.6) is 0 Å². The third-order valence-electron chi connectivity index (χ3n) is 5.12. The molecule has 3 nitrogen and oxygen atoms in total. The van der Waals surface area contributed by atoms with E-state index in [9.17, 15) is 0 Å². The van der Waals surface area contributed by atoms with Gasteiger partial charge in [0, 0.05) is 35.9 Å². The van der Waals surface area contributed by atoms with Gasteiger partial charge in [-0.2, -0.15) is 0 Å². The fraction of sp³-hybridized carbons (Fsp3) is 0.611. The Balaban J connectivity index is 1.90. The second kappa shape index (κ2) is 8.32. The van der Waals surface area contributed by atoms with Crippen LogP contribution in [-0.4, -0.2) is 47.1 Å². The van der Waals surface area contributed by atoms with Crippen molar-refractivity contribution in [2.24, 2.45) is 0 Å². The molecule has 0 aromatic heterocycles. The zero-order chi connectivity index (χ0) is 17.0. The van der Waals surface area contributed by atoms with Gasteiger partial charge in [0.2, 0.25) is 0 Å². The number of piperidine rings is 1. The van der Waals surface area contributed by atoms with E-state index in [1.807, 2.05) is 25.1 Å². The van der Waals surface area contributed by atoms with Crippen molar-refractivity contribution in [3.63, 3.8) is 0 Å². The van der Waals surface area contributed by atoms with Crippen LogP contribution in [0.4, 0.5) is 5.69 Å². The van der Waals surface area contributed by atoms with E-state index in [4.69, 9.17) is 23.8 Å². The summed E-state index contributed by atoms with van der Waals surface area (Å²) in [4.78, 5) is 4.80. The Bertz CT molecular complexity index is 541. The Morgan fingerprint density at radius 1 is 1.43 bits per heavy atom. The van der Waals surface area contributed by atoms with E-state index in [2.05, 4.69) is 36.0 Å². The number of nitrogens with one attached hydrogen (secondary N) is 1. The van der Waals surface area contributed by atoms with Gasteiger partial charge in [0.15, 0.2) is 5.11 Å². The fourth-order valence-electron chi connectivity index (χ4n) is 3.06. The van der Waals surface area contributed by atoms with Crippen molar-refractivity contribution in [1.29, 1.82) is 0 Å². The predicted octanol–water partition coefficient (Wildman–Crippen LogP) is 4.54. The number of benzene rings is 1. The zero-order valence-electron chi connectivity index (χ0n) is 14.6. The van der Waals surface area contributed by atoms with Crippen molar-refractivity contribution >= 4 is 34.6 Å². The highest BCUT2D eigenvalue weighted by Gasteiger charge is 2.25. The van der Waals surface area contributed by atoms with E-state index in [-0.39, 0.29) is 0 Å². The normalized spacial score (nSPS) is 17.4. The number of thiocarbonyl (C=S) groups is 1. The van der Waals surface area contributed by atoms with Gasteiger partial charge in [0.05, 0.1) is 0 Å². The third kappa shape index (κ3) is 4.59. The van der Waals surface area contributed by atoms with Crippen LogP contribution in [0, 0.1) is 6.92 Å². The van der Waals surface area contributed by atoms with Gasteiger partial charge in [0.1, 0.15) is 0 Å². The first kappa shape index (κ1) is 18.5. The lowest BCUT2D eigenvalue weighted by molar-refractivity contribution is 0.126. The smallest absolute Gasteiger partial charge is 0.173 e. The maximum Gasteiger partial charge on any atom is 0.173 e. The second-order valence-corrected chi connectivity index (χ2v) is 7.28. The highest BCUT2D eigenvalue weighted by Crippen LogP contribution is 2.24. The molecule has 5 heteroatoms. The van der Waals surface area contributed by atoms with Crippen LogP contribution in [0.15, 0.2) is 18.2 Å². The Hall–Kier alpha value is -0.840. The molecule has 1 saturated heterocycles. The Morgan fingerprint density at radius 3 is 2.70 bits per heavy atom. The van der Waals surface area contributed by atoms with Crippen molar-refractivity contribution < 1.29 is 0 Å². The summed E-state index contributed by atoms with van der Waals surface area (Å²) in [7, 11) is 2.25. The van der Waals surface area contributed by atoms with Crippen LogP contribution in [0.25, 0.3) is 0 Å². The van der Waals surface area contributed by atoms with Crippen LogP contribution in [-0.2, 0) is 0 Å². The number of hydrogen-bond donors (Lipinski definition) is 1. The average Bonchev–Trinajstić information content (AvgIpc) is 2.57. The lowest BCUT2D eigenvalue weighted by atomic mass is 10.0. The van der Waals surface area contributed by atoms with Gasteiger partial charge in [-0.25, -0.2) is 0 Å². The van der Waals surface area contributed by atoms with E-state index in [1.165, 1.54) is 6.42 Å². The molecule has 0 spiro atoms. The second-order valence-electron chi connectivity index (χ2n) is 6.48. The van der Waals surface area contributed by atoms with Gasteiger partial charge in [-0.3, -0.25) is 0 Å². The molecule has 2 rings (SSSR count). The Kier molecular flexibility index (Phi) is 6.69. The molecular formula is C18H28ClN3S. The summed E-state index contributed by atoms with van der Waals surface area (Å²) in [6.07, 6.45) is 3.53. The Labute approximate surface area is 151 Å². The molecule has 0 amide bonds. The van der Waals surface area contributed by atoms with Gasteiger partial charge < -0.3 is 15.1 Å². The highest BCUT2D eigenvalue weighted by molar-refractivity contribution is 7.80. The topological polar surface area (TPSA) is 18.5 Å². The van der Waals surface area contributed by atoms with E-state index >= 15 is 0 Å². The molecule has 0 unspecified atom stereocenters. The molecule has 23 heavy (non-hydrogen) atoms. The van der Waals surface area contributed by atoms with Crippen molar-refractivity contribution in [3.8, 4) is 0 Å². The summed E-state index contributed by atoms with van der Waals surface area (Å²) >= 11 is 11.8. The summed E-state index contributed by atoms with van der Waals surface area (Å²) in [5.41, 5.74) is 2.05. The molecular weight excluding hydrogens is 326 g/mol. The molecule has 0 bridgehead atoms. The molecule has 1 fully saturated rings. The number of anilines is 1. The number of likely N-dealkylation sites (tertiary alicyclic amines) is 1. The summed E-state index contributed by atoms with van der Waals surface area (Å²) in [5.74, 6) is 0. The third-order valence-corrected chi connectivity index (χ3v) is 5.89. The van der Waals surface area contributed by atoms with Gasteiger partial charge in [0.25, 0.3) is 0 Å².